The van der Waals surface area contributed by atoms with Crippen molar-refractivity contribution in [1.82, 2.24) is 10.2 Å². The monoisotopic (exact) mass is 359 g/mol. The first-order valence-electron chi connectivity index (χ1n) is 6.22. The largest absolute Gasteiger partial charge is 0.502 e. The number of piperazine rings is 1. The molecule has 0 aliphatic carbocycles. The van der Waals surface area contributed by atoms with E-state index in [1.54, 1.807) is 4.90 Å². The molecule has 0 aromatic heterocycles. The van der Waals surface area contributed by atoms with Gasteiger partial charge in [-0.2, -0.15) is 0 Å². The van der Waals surface area contributed by atoms with Gasteiger partial charge in [0.25, 0.3) is 0 Å². The second-order valence-electron chi connectivity index (χ2n) is 4.58. The van der Waals surface area contributed by atoms with Crippen LogP contribution in [0.2, 0.25) is 0 Å². The molecule has 0 saturated carbocycles. The number of nitrogens with zero attached hydrogens (tertiary/aromatic N) is 2. The van der Waals surface area contributed by atoms with Gasteiger partial charge in [0, 0.05) is 31.7 Å². The van der Waals surface area contributed by atoms with E-state index in [2.05, 4.69) is 5.32 Å². The molecule has 126 valence electrons. The normalized spacial score (nSPS) is 16.3. The molecule has 1 aromatic carbocycles. The molecule has 1 aliphatic rings. The van der Waals surface area contributed by atoms with Crippen molar-refractivity contribution >= 4 is 30.5 Å². The fourth-order valence-electron chi connectivity index (χ4n) is 2.37. The SMILES string of the molecule is Cl.Cl.O=[N+]([O-])c1cc(F)cc([C@@H](CF)N2CCNCC2)c1O. The first-order valence-corrected chi connectivity index (χ1v) is 6.22. The van der Waals surface area contributed by atoms with Gasteiger partial charge in [-0.25, -0.2) is 8.78 Å². The van der Waals surface area contributed by atoms with E-state index >= 15 is 0 Å². The van der Waals surface area contributed by atoms with Crippen LogP contribution in [0.4, 0.5) is 14.5 Å². The van der Waals surface area contributed by atoms with Crippen LogP contribution in [0.5, 0.6) is 5.75 Å². The van der Waals surface area contributed by atoms with E-state index in [9.17, 15) is 24.0 Å². The summed E-state index contributed by atoms with van der Waals surface area (Å²) in [6, 6.07) is 0.701. The number of benzene rings is 1. The van der Waals surface area contributed by atoms with E-state index in [-0.39, 0.29) is 30.4 Å². The maximum absolute atomic E-state index is 13.5. The minimum atomic E-state index is -0.883. The second-order valence-corrected chi connectivity index (χ2v) is 4.58. The van der Waals surface area contributed by atoms with E-state index in [0.717, 1.165) is 6.07 Å². The van der Waals surface area contributed by atoms with Crippen LogP contribution in [0.1, 0.15) is 11.6 Å². The molecule has 2 N–H and O–H groups in total. The zero-order chi connectivity index (χ0) is 14.7. The van der Waals surface area contributed by atoms with Crippen LogP contribution < -0.4 is 5.32 Å². The van der Waals surface area contributed by atoms with E-state index in [1.165, 1.54) is 0 Å². The highest BCUT2D eigenvalue weighted by molar-refractivity contribution is 5.85. The second kappa shape index (κ2) is 9.04. The van der Waals surface area contributed by atoms with Crippen molar-refractivity contribution < 1.29 is 18.8 Å². The number of alkyl halides is 1. The Labute approximate surface area is 138 Å². The van der Waals surface area contributed by atoms with Gasteiger partial charge in [-0.1, -0.05) is 0 Å². The summed E-state index contributed by atoms with van der Waals surface area (Å²) in [4.78, 5) is 11.6. The van der Waals surface area contributed by atoms with E-state index in [1.807, 2.05) is 0 Å². The molecule has 0 spiro atoms. The molecule has 1 aromatic rings. The molecule has 0 unspecified atom stereocenters. The van der Waals surface area contributed by atoms with Crippen molar-refractivity contribution in [3.63, 3.8) is 0 Å². The third-order valence-electron chi connectivity index (χ3n) is 3.38. The van der Waals surface area contributed by atoms with Crippen LogP contribution in [-0.4, -0.2) is 47.8 Å². The minimum absolute atomic E-state index is 0. The van der Waals surface area contributed by atoms with E-state index in [4.69, 9.17) is 0 Å². The molecule has 0 radical (unpaired) electrons. The molecule has 0 bridgehead atoms. The first kappa shape index (κ1) is 20.8. The maximum Gasteiger partial charge on any atom is 0.313 e. The summed E-state index contributed by atoms with van der Waals surface area (Å²) in [5, 5.41) is 23.8. The van der Waals surface area contributed by atoms with Gasteiger partial charge in [-0.3, -0.25) is 15.0 Å². The van der Waals surface area contributed by atoms with Gasteiger partial charge in [0.05, 0.1) is 17.0 Å². The Hall–Kier alpha value is -1.22. The molecule has 2 rings (SSSR count). The maximum atomic E-state index is 13.5. The number of nitrogens with one attached hydrogen (secondary N) is 1. The predicted molar refractivity (Wildman–Crippen MR) is 82.4 cm³/mol. The zero-order valence-corrected chi connectivity index (χ0v) is 13.1. The van der Waals surface area contributed by atoms with Crippen LogP contribution in [-0.2, 0) is 0 Å². The molecule has 1 fully saturated rings. The third-order valence-corrected chi connectivity index (χ3v) is 3.38. The number of nitro benzene ring substituents is 1. The predicted octanol–water partition coefficient (Wildman–Crippen LogP) is 2.20. The molecule has 10 heteroatoms. The lowest BCUT2D eigenvalue weighted by atomic mass is 10.0. The van der Waals surface area contributed by atoms with Gasteiger partial charge in [0.15, 0.2) is 5.75 Å². The Bertz CT molecular complexity index is 517. The number of phenols is 1. The summed E-state index contributed by atoms with van der Waals surface area (Å²) >= 11 is 0. The average Bonchev–Trinajstić information content (AvgIpc) is 2.44. The van der Waals surface area contributed by atoms with Gasteiger partial charge < -0.3 is 10.4 Å². The highest BCUT2D eigenvalue weighted by Gasteiger charge is 2.29. The highest BCUT2D eigenvalue weighted by atomic mass is 35.5. The van der Waals surface area contributed by atoms with Gasteiger partial charge in [-0.15, -0.1) is 24.8 Å². The smallest absolute Gasteiger partial charge is 0.313 e. The van der Waals surface area contributed by atoms with Crippen molar-refractivity contribution in [2.75, 3.05) is 32.9 Å². The third kappa shape index (κ3) is 4.39. The van der Waals surface area contributed by atoms with Crippen molar-refractivity contribution in [3.05, 3.63) is 33.6 Å². The Morgan fingerprint density at radius 3 is 2.45 bits per heavy atom. The van der Waals surface area contributed by atoms with Crippen LogP contribution in [0.3, 0.4) is 0 Å². The molecule has 0 amide bonds. The van der Waals surface area contributed by atoms with Gasteiger partial charge in [0.1, 0.15) is 12.5 Å². The van der Waals surface area contributed by atoms with Crippen LogP contribution in [0.15, 0.2) is 12.1 Å². The van der Waals surface area contributed by atoms with Crippen LogP contribution in [0.25, 0.3) is 0 Å². The van der Waals surface area contributed by atoms with Crippen LogP contribution in [0, 0.1) is 15.9 Å². The minimum Gasteiger partial charge on any atom is -0.502 e. The average molecular weight is 360 g/mol. The quantitative estimate of drug-likeness (QED) is 0.636. The number of aromatic hydroxyl groups is 1. The van der Waals surface area contributed by atoms with Crippen molar-refractivity contribution in [1.29, 1.82) is 0 Å². The Morgan fingerprint density at radius 2 is 1.95 bits per heavy atom. The number of phenolic OH excluding ortho intramolecular Hbond substituents is 1. The molecule has 1 heterocycles. The number of hydrogen-bond donors (Lipinski definition) is 2. The Kier molecular flexibility index (Phi) is 8.54. The number of nitro groups is 1. The summed E-state index contributed by atoms with van der Waals surface area (Å²) in [5.74, 6) is -1.53. The molecule has 22 heavy (non-hydrogen) atoms. The Balaban J connectivity index is 0.00000220. The van der Waals surface area contributed by atoms with Crippen LogP contribution >= 0.6 is 24.8 Å². The Morgan fingerprint density at radius 1 is 1.36 bits per heavy atom. The van der Waals surface area contributed by atoms with Gasteiger partial charge in [0.2, 0.25) is 0 Å². The summed E-state index contributed by atoms with van der Waals surface area (Å²) in [6.07, 6.45) is 0. The lowest BCUT2D eigenvalue weighted by Crippen LogP contribution is -2.45. The summed E-state index contributed by atoms with van der Waals surface area (Å²) in [5.41, 5.74) is -0.824. The lowest BCUT2D eigenvalue weighted by molar-refractivity contribution is -0.386. The molecule has 1 atom stereocenters. The summed E-state index contributed by atoms with van der Waals surface area (Å²) in [6.45, 7) is 1.49. The molecule has 6 nitrogen and oxygen atoms in total. The zero-order valence-electron chi connectivity index (χ0n) is 11.5. The fourth-order valence-corrected chi connectivity index (χ4v) is 2.37. The molecular weight excluding hydrogens is 343 g/mol. The topological polar surface area (TPSA) is 78.6 Å². The fraction of sp³-hybridized carbons (Fsp3) is 0.500. The number of hydrogen-bond acceptors (Lipinski definition) is 5. The highest BCUT2D eigenvalue weighted by Crippen LogP contribution is 2.37. The lowest BCUT2D eigenvalue weighted by Gasteiger charge is -2.33. The first-order chi connectivity index (χ1) is 9.54. The van der Waals surface area contributed by atoms with E-state index < -0.39 is 34.9 Å². The summed E-state index contributed by atoms with van der Waals surface area (Å²) < 4.78 is 26.8. The van der Waals surface area contributed by atoms with Gasteiger partial charge >= 0.3 is 5.69 Å². The molecule has 1 saturated heterocycles. The number of halogens is 4. The standard InChI is InChI=1S/C12H15F2N3O3.2ClH/c13-7-11(16-3-1-15-2-4-16)9-5-8(14)6-10(12(9)18)17(19)20;;/h5-6,11,15,18H,1-4,7H2;2*1H/t11-;;/m1../s1. The van der Waals surface area contributed by atoms with Crippen molar-refractivity contribution in [3.8, 4) is 5.75 Å². The molecular formula is C12H17Cl2F2N3O3. The number of rotatable bonds is 4. The summed E-state index contributed by atoms with van der Waals surface area (Å²) in [7, 11) is 0. The van der Waals surface area contributed by atoms with Crippen molar-refractivity contribution in [2.24, 2.45) is 0 Å². The van der Waals surface area contributed by atoms with E-state index in [0.29, 0.717) is 32.2 Å². The van der Waals surface area contributed by atoms with Crippen molar-refractivity contribution in [2.45, 2.75) is 6.04 Å². The molecule has 1 aliphatic heterocycles. The van der Waals surface area contributed by atoms with Gasteiger partial charge in [-0.05, 0) is 6.07 Å².